The number of fused-ring (bicyclic) bond motifs is 1. The van der Waals surface area contributed by atoms with E-state index in [1.807, 2.05) is 6.07 Å². The Balaban J connectivity index is 1.71. The van der Waals surface area contributed by atoms with Crippen LogP contribution in [0.4, 0.5) is 5.69 Å². The Labute approximate surface area is 138 Å². The molecule has 24 heavy (non-hydrogen) atoms. The molecule has 2 aromatic rings. The zero-order valence-electron chi connectivity index (χ0n) is 12.8. The second-order valence-corrected chi connectivity index (χ2v) is 5.14. The van der Waals surface area contributed by atoms with Crippen LogP contribution in [0.2, 0.25) is 0 Å². The molecule has 0 spiro atoms. The molecule has 122 valence electrons. The third-order valence-electron chi connectivity index (χ3n) is 3.44. The van der Waals surface area contributed by atoms with E-state index < -0.39 is 5.91 Å². The van der Waals surface area contributed by atoms with Gasteiger partial charge in [-0.25, -0.2) is 0 Å². The van der Waals surface area contributed by atoms with Crippen LogP contribution in [0.25, 0.3) is 6.08 Å². The van der Waals surface area contributed by atoms with Gasteiger partial charge in [-0.2, -0.15) is 0 Å². The van der Waals surface area contributed by atoms with E-state index in [2.05, 4.69) is 5.32 Å². The van der Waals surface area contributed by atoms with E-state index in [1.165, 1.54) is 6.08 Å². The van der Waals surface area contributed by atoms with Crippen molar-refractivity contribution in [2.45, 2.75) is 0 Å². The van der Waals surface area contributed by atoms with E-state index in [4.69, 9.17) is 15.2 Å². The quantitative estimate of drug-likeness (QED) is 0.844. The topological polar surface area (TPSA) is 90.7 Å². The van der Waals surface area contributed by atoms with Crippen molar-refractivity contribution in [3.8, 4) is 11.5 Å². The number of nitrogens with two attached hydrogens (primary N) is 1. The fourth-order valence-corrected chi connectivity index (χ4v) is 2.32. The number of nitrogens with one attached hydrogen (secondary N) is 1. The normalized spacial score (nSPS) is 12.8. The SMILES string of the molecule is NC(=O)c1ccccc1NC(=O)C=Cc1ccc2c(c1)OCCO2. The number of hydrogen-bond acceptors (Lipinski definition) is 4. The number of ether oxygens (including phenoxy) is 2. The van der Waals surface area contributed by atoms with Crippen molar-refractivity contribution in [2.75, 3.05) is 18.5 Å². The van der Waals surface area contributed by atoms with Gasteiger partial charge < -0.3 is 20.5 Å². The Morgan fingerprint density at radius 2 is 1.79 bits per heavy atom. The van der Waals surface area contributed by atoms with Crippen LogP contribution in [0.5, 0.6) is 11.5 Å². The molecule has 2 amide bonds. The maximum atomic E-state index is 12.0. The summed E-state index contributed by atoms with van der Waals surface area (Å²) in [6.07, 6.45) is 3.03. The molecule has 0 fully saturated rings. The van der Waals surface area contributed by atoms with Gasteiger partial charge in [-0.05, 0) is 35.9 Å². The van der Waals surface area contributed by atoms with Gasteiger partial charge in [0.2, 0.25) is 5.91 Å². The van der Waals surface area contributed by atoms with Crippen LogP contribution >= 0.6 is 0 Å². The van der Waals surface area contributed by atoms with E-state index in [9.17, 15) is 9.59 Å². The minimum Gasteiger partial charge on any atom is -0.486 e. The molecule has 3 N–H and O–H groups in total. The molecule has 0 atom stereocenters. The highest BCUT2D eigenvalue weighted by Gasteiger charge is 2.11. The lowest BCUT2D eigenvalue weighted by atomic mass is 10.1. The van der Waals surface area contributed by atoms with Crippen molar-refractivity contribution in [3.05, 3.63) is 59.7 Å². The van der Waals surface area contributed by atoms with Crippen molar-refractivity contribution in [1.29, 1.82) is 0 Å². The molecule has 6 nitrogen and oxygen atoms in total. The van der Waals surface area contributed by atoms with E-state index in [1.54, 1.807) is 42.5 Å². The number of primary amides is 1. The summed E-state index contributed by atoms with van der Waals surface area (Å²) in [7, 11) is 0. The molecule has 0 saturated heterocycles. The first-order chi connectivity index (χ1) is 11.6. The summed E-state index contributed by atoms with van der Waals surface area (Å²) in [5, 5.41) is 2.64. The molecule has 0 unspecified atom stereocenters. The lowest BCUT2D eigenvalue weighted by molar-refractivity contribution is -0.111. The van der Waals surface area contributed by atoms with E-state index in [0.29, 0.717) is 30.4 Å². The fraction of sp³-hybridized carbons (Fsp3) is 0.111. The summed E-state index contributed by atoms with van der Waals surface area (Å²) in [4.78, 5) is 23.4. The lowest BCUT2D eigenvalue weighted by Crippen LogP contribution is -2.16. The van der Waals surface area contributed by atoms with Crippen molar-refractivity contribution in [3.63, 3.8) is 0 Å². The van der Waals surface area contributed by atoms with Gasteiger partial charge in [0.05, 0.1) is 11.3 Å². The van der Waals surface area contributed by atoms with E-state index in [0.717, 1.165) is 5.56 Å². The van der Waals surface area contributed by atoms with E-state index in [-0.39, 0.29) is 11.5 Å². The summed E-state index contributed by atoms with van der Waals surface area (Å²) >= 11 is 0. The Hall–Kier alpha value is -3.28. The zero-order valence-corrected chi connectivity index (χ0v) is 12.8. The average molecular weight is 324 g/mol. The Morgan fingerprint density at radius 1 is 1.04 bits per heavy atom. The summed E-state index contributed by atoms with van der Waals surface area (Å²) < 4.78 is 10.9. The number of para-hydroxylation sites is 1. The summed E-state index contributed by atoms with van der Waals surface area (Å²) in [5.41, 5.74) is 6.73. The number of carbonyl (C=O) groups is 2. The Kier molecular flexibility index (Phi) is 4.47. The highest BCUT2D eigenvalue weighted by molar-refractivity contribution is 6.07. The van der Waals surface area contributed by atoms with Crippen LogP contribution in [0.1, 0.15) is 15.9 Å². The molecular weight excluding hydrogens is 308 g/mol. The monoisotopic (exact) mass is 324 g/mol. The maximum absolute atomic E-state index is 12.0. The number of amides is 2. The molecule has 1 aliphatic heterocycles. The Bertz CT molecular complexity index is 814. The molecular formula is C18H16N2O4. The average Bonchev–Trinajstić information content (AvgIpc) is 2.60. The van der Waals surface area contributed by atoms with E-state index >= 15 is 0 Å². The van der Waals surface area contributed by atoms with Gasteiger partial charge in [0, 0.05) is 6.08 Å². The van der Waals surface area contributed by atoms with Gasteiger partial charge in [-0.15, -0.1) is 0 Å². The summed E-state index contributed by atoms with van der Waals surface area (Å²) in [5.74, 6) is 0.390. The van der Waals surface area contributed by atoms with Crippen LogP contribution in [0.15, 0.2) is 48.5 Å². The van der Waals surface area contributed by atoms with Gasteiger partial charge in [0.15, 0.2) is 11.5 Å². The lowest BCUT2D eigenvalue weighted by Gasteiger charge is -2.18. The van der Waals surface area contributed by atoms with Crippen molar-refractivity contribution in [2.24, 2.45) is 5.73 Å². The molecule has 1 aliphatic rings. The van der Waals surface area contributed by atoms with Crippen LogP contribution in [0.3, 0.4) is 0 Å². The first-order valence-electron chi connectivity index (χ1n) is 7.41. The number of hydrogen-bond donors (Lipinski definition) is 2. The smallest absolute Gasteiger partial charge is 0.250 e. The fourth-order valence-electron chi connectivity index (χ4n) is 2.32. The molecule has 0 aliphatic carbocycles. The largest absolute Gasteiger partial charge is 0.486 e. The summed E-state index contributed by atoms with van der Waals surface area (Å²) in [6, 6.07) is 12.0. The van der Waals surface area contributed by atoms with Crippen LogP contribution in [-0.4, -0.2) is 25.0 Å². The van der Waals surface area contributed by atoms with Gasteiger partial charge >= 0.3 is 0 Å². The molecule has 0 aromatic heterocycles. The third-order valence-corrected chi connectivity index (χ3v) is 3.44. The molecule has 0 saturated carbocycles. The molecule has 2 aromatic carbocycles. The Morgan fingerprint density at radius 3 is 2.58 bits per heavy atom. The number of anilines is 1. The predicted molar refractivity (Wildman–Crippen MR) is 90.1 cm³/mol. The first kappa shape index (κ1) is 15.6. The summed E-state index contributed by atoms with van der Waals surface area (Å²) in [6.45, 7) is 1.04. The van der Waals surface area contributed by atoms with Gasteiger partial charge in [0.1, 0.15) is 13.2 Å². The molecule has 0 radical (unpaired) electrons. The molecule has 1 heterocycles. The molecule has 3 rings (SSSR count). The highest BCUT2D eigenvalue weighted by atomic mass is 16.6. The highest BCUT2D eigenvalue weighted by Crippen LogP contribution is 2.31. The first-order valence-corrected chi connectivity index (χ1v) is 7.41. The number of benzene rings is 2. The van der Waals surface area contributed by atoms with Crippen LogP contribution in [0, 0.1) is 0 Å². The van der Waals surface area contributed by atoms with Gasteiger partial charge in [0.25, 0.3) is 5.91 Å². The second-order valence-electron chi connectivity index (χ2n) is 5.14. The zero-order chi connectivity index (χ0) is 16.9. The van der Waals surface area contributed by atoms with Gasteiger partial charge in [-0.1, -0.05) is 18.2 Å². The molecule has 0 bridgehead atoms. The molecule has 6 heteroatoms. The predicted octanol–water partition coefficient (Wildman–Crippen LogP) is 2.21. The number of rotatable bonds is 4. The van der Waals surface area contributed by atoms with Gasteiger partial charge in [-0.3, -0.25) is 9.59 Å². The van der Waals surface area contributed by atoms with Crippen molar-refractivity contribution in [1.82, 2.24) is 0 Å². The number of carbonyl (C=O) groups excluding carboxylic acids is 2. The van der Waals surface area contributed by atoms with Crippen LogP contribution < -0.4 is 20.5 Å². The third kappa shape index (κ3) is 3.55. The second kappa shape index (κ2) is 6.87. The standard InChI is InChI=1S/C18H16N2O4/c19-18(22)13-3-1-2-4-14(13)20-17(21)8-6-12-5-7-15-16(11-12)24-10-9-23-15/h1-8,11H,9-10H2,(H2,19,22)(H,20,21). The van der Waals surface area contributed by atoms with Crippen LogP contribution in [-0.2, 0) is 4.79 Å². The minimum absolute atomic E-state index is 0.263. The van der Waals surface area contributed by atoms with Crippen molar-refractivity contribution < 1.29 is 19.1 Å². The minimum atomic E-state index is -0.596. The van der Waals surface area contributed by atoms with Crippen molar-refractivity contribution >= 4 is 23.6 Å². The maximum Gasteiger partial charge on any atom is 0.250 e.